The van der Waals surface area contributed by atoms with Gasteiger partial charge in [0, 0.05) is 25.1 Å². The predicted octanol–water partition coefficient (Wildman–Crippen LogP) is 8.50. The van der Waals surface area contributed by atoms with Crippen molar-refractivity contribution in [1.29, 1.82) is 0 Å². The Morgan fingerprint density at radius 2 is 1.76 bits per heavy atom. The number of ether oxygens (including phenoxy) is 2. The third-order valence-electron chi connectivity index (χ3n) is 11.2. The van der Waals surface area contributed by atoms with E-state index in [-0.39, 0.29) is 4.75 Å². The number of fused-ring (bicyclic) bond motifs is 5. The summed E-state index contributed by atoms with van der Waals surface area (Å²) in [4.78, 5) is 0. The molecule has 3 fully saturated rings. The normalized spacial score (nSPS) is 42.6. The van der Waals surface area contributed by atoms with Crippen LogP contribution < -0.4 is 0 Å². The van der Waals surface area contributed by atoms with Gasteiger partial charge in [0.2, 0.25) is 0 Å². The Morgan fingerprint density at radius 1 is 0.971 bits per heavy atom. The predicted molar refractivity (Wildman–Crippen MR) is 148 cm³/mol. The van der Waals surface area contributed by atoms with Crippen LogP contribution in [0.3, 0.4) is 0 Å². The SMILES string of the molecule is COCCCOC1CCC2(C)C(=CCC3(S)C2CCC2(C)C([C@H](C)CCCC(C)C)CCC23)C1. The van der Waals surface area contributed by atoms with Crippen LogP contribution in [0.2, 0.25) is 0 Å². The minimum Gasteiger partial charge on any atom is -0.385 e. The monoisotopic (exact) mass is 490 g/mol. The number of thiol groups is 1. The Bertz CT molecular complexity index is 718. The number of methoxy groups -OCH3 is 1. The van der Waals surface area contributed by atoms with Gasteiger partial charge in [0.25, 0.3) is 0 Å². The quantitative estimate of drug-likeness (QED) is 0.188. The van der Waals surface area contributed by atoms with Crippen LogP contribution >= 0.6 is 12.6 Å². The highest BCUT2D eigenvalue weighted by molar-refractivity contribution is 7.81. The molecule has 4 rings (SSSR count). The van der Waals surface area contributed by atoms with Crippen molar-refractivity contribution in [2.24, 2.45) is 40.4 Å². The van der Waals surface area contributed by atoms with Gasteiger partial charge in [0.05, 0.1) is 6.10 Å². The fourth-order valence-corrected chi connectivity index (χ4v) is 10.3. The zero-order valence-electron chi connectivity index (χ0n) is 23.2. The summed E-state index contributed by atoms with van der Waals surface area (Å²) >= 11 is 5.69. The van der Waals surface area contributed by atoms with E-state index in [1.54, 1.807) is 12.7 Å². The topological polar surface area (TPSA) is 18.5 Å². The minimum absolute atomic E-state index is 0.184. The Labute approximate surface area is 216 Å². The Kier molecular flexibility index (Phi) is 8.58. The van der Waals surface area contributed by atoms with E-state index in [0.717, 1.165) is 55.6 Å². The molecule has 0 heterocycles. The van der Waals surface area contributed by atoms with Gasteiger partial charge in [-0.15, -0.1) is 0 Å². The van der Waals surface area contributed by atoms with E-state index in [9.17, 15) is 0 Å². The van der Waals surface area contributed by atoms with Crippen molar-refractivity contribution in [1.82, 2.24) is 0 Å². The third kappa shape index (κ3) is 4.93. The first kappa shape index (κ1) is 27.1. The van der Waals surface area contributed by atoms with Crippen molar-refractivity contribution in [2.45, 2.75) is 123 Å². The molecule has 8 atom stereocenters. The van der Waals surface area contributed by atoms with Crippen LogP contribution in [0.4, 0.5) is 0 Å². The molecule has 2 nitrogen and oxygen atoms in total. The lowest BCUT2D eigenvalue weighted by Crippen LogP contribution is -2.59. The zero-order chi connectivity index (χ0) is 24.6. The molecule has 196 valence electrons. The molecule has 0 aromatic heterocycles. The van der Waals surface area contributed by atoms with Gasteiger partial charge in [-0.25, -0.2) is 0 Å². The molecule has 7 unspecified atom stereocenters. The van der Waals surface area contributed by atoms with Gasteiger partial charge in [-0.3, -0.25) is 0 Å². The number of allylic oxidation sites excluding steroid dienone is 1. The van der Waals surface area contributed by atoms with Gasteiger partial charge in [-0.05, 0) is 98.2 Å². The highest BCUT2D eigenvalue weighted by atomic mass is 32.1. The molecule has 0 aromatic carbocycles. The lowest BCUT2D eigenvalue weighted by molar-refractivity contribution is -0.0493. The molecule has 0 aliphatic heterocycles. The standard InChI is InChI=1S/C31H54O2S/c1-22(2)9-7-10-23(3)26-11-12-27-30(26,5)17-15-28-29(4)16-14-25(33-20-8-19-32-6)21-24(29)13-18-31(27,28)34/h13,22-23,25-28,34H,7-12,14-21H2,1-6H3/t23-,25?,26?,27?,28?,29?,30?,31?/m1/s1. The fraction of sp³-hybridized carbons (Fsp3) is 0.935. The minimum atomic E-state index is 0.184. The van der Waals surface area contributed by atoms with Crippen LogP contribution in [0.15, 0.2) is 11.6 Å². The molecular weight excluding hydrogens is 436 g/mol. The van der Waals surface area contributed by atoms with Gasteiger partial charge < -0.3 is 9.47 Å². The largest absolute Gasteiger partial charge is 0.385 e. The molecule has 0 spiro atoms. The maximum Gasteiger partial charge on any atom is 0.0612 e. The molecule has 3 saturated carbocycles. The van der Waals surface area contributed by atoms with E-state index < -0.39 is 0 Å². The van der Waals surface area contributed by atoms with Crippen molar-refractivity contribution in [3.05, 3.63) is 11.6 Å². The Hall–Kier alpha value is 0.01000. The van der Waals surface area contributed by atoms with E-state index in [4.69, 9.17) is 22.1 Å². The Morgan fingerprint density at radius 3 is 2.50 bits per heavy atom. The first-order chi connectivity index (χ1) is 16.1. The van der Waals surface area contributed by atoms with Crippen molar-refractivity contribution in [3.8, 4) is 0 Å². The van der Waals surface area contributed by atoms with E-state index in [0.29, 0.717) is 16.9 Å². The van der Waals surface area contributed by atoms with Crippen LogP contribution in [0.25, 0.3) is 0 Å². The van der Waals surface area contributed by atoms with Gasteiger partial charge in [0.1, 0.15) is 0 Å². The molecule has 3 heteroatoms. The lowest BCUT2D eigenvalue weighted by atomic mass is 9.46. The summed E-state index contributed by atoms with van der Waals surface area (Å²) in [6.45, 7) is 14.2. The third-order valence-corrected chi connectivity index (χ3v) is 12.0. The van der Waals surface area contributed by atoms with E-state index in [2.05, 4.69) is 40.7 Å². The van der Waals surface area contributed by atoms with Crippen LogP contribution in [0.5, 0.6) is 0 Å². The molecule has 0 saturated heterocycles. The van der Waals surface area contributed by atoms with Gasteiger partial charge in [-0.2, -0.15) is 12.6 Å². The zero-order valence-corrected chi connectivity index (χ0v) is 24.1. The van der Waals surface area contributed by atoms with E-state index in [1.807, 2.05) is 0 Å². The molecule has 0 aromatic rings. The van der Waals surface area contributed by atoms with Gasteiger partial charge in [0.15, 0.2) is 0 Å². The number of hydrogen-bond donors (Lipinski definition) is 1. The lowest BCUT2D eigenvalue weighted by Gasteiger charge is -2.63. The number of hydrogen-bond acceptors (Lipinski definition) is 3. The highest BCUT2D eigenvalue weighted by Crippen LogP contribution is 2.70. The van der Waals surface area contributed by atoms with Crippen LogP contribution in [0.1, 0.15) is 112 Å². The molecular formula is C31H54O2S. The second-order valence-corrected chi connectivity index (χ2v) is 14.4. The molecule has 4 aliphatic rings. The van der Waals surface area contributed by atoms with Gasteiger partial charge in [-0.1, -0.05) is 65.5 Å². The summed E-state index contributed by atoms with van der Waals surface area (Å²) in [5.74, 6) is 4.09. The summed E-state index contributed by atoms with van der Waals surface area (Å²) < 4.78 is 11.7. The second kappa shape index (κ2) is 10.8. The molecule has 0 N–H and O–H groups in total. The average Bonchev–Trinajstić information content (AvgIpc) is 3.15. The molecule has 4 aliphatic carbocycles. The average molecular weight is 491 g/mol. The first-order valence-corrected chi connectivity index (χ1v) is 15.1. The molecule has 0 bridgehead atoms. The first-order valence-electron chi connectivity index (χ1n) is 14.7. The Balaban J connectivity index is 1.45. The summed E-state index contributed by atoms with van der Waals surface area (Å²) in [5, 5.41) is 0. The smallest absolute Gasteiger partial charge is 0.0612 e. The summed E-state index contributed by atoms with van der Waals surface area (Å²) in [6.07, 6.45) is 18.7. The highest BCUT2D eigenvalue weighted by Gasteiger charge is 2.64. The van der Waals surface area contributed by atoms with Crippen molar-refractivity contribution < 1.29 is 9.47 Å². The maximum atomic E-state index is 6.27. The van der Waals surface area contributed by atoms with Gasteiger partial charge >= 0.3 is 0 Å². The maximum absolute atomic E-state index is 6.27. The summed E-state index contributed by atoms with van der Waals surface area (Å²) in [6, 6.07) is 0. The van der Waals surface area contributed by atoms with Crippen LogP contribution in [0, 0.1) is 40.4 Å². The summed E-state index contributed by atoms with van der Waals surface area (Å²) in [7, 11) is 1.78. The van der Waals surface area contributed by atoms with Crippen molar-refractivity contribution in [3.63, 3.8) is 0 Å². The van der Waals surface area contributed by atoms with Crippen LogP contribution in [-0.2, 0) is 9.47 Å². The molecule has 34 heavy (non-hydrogen) atoms. The second-order valence-electron chi connectivity index (χ2n) is 13.6. The summed E-state index contributed by atoms with van der Waals surface area (Å²) in [5.41, 5.74) is 2.51. The molecule has 0 amide bonds. The number of rotatable bonds is 10. The van der Waals surface area contributed by atoms with Crippen LogP contribution in [-0.4, -0.2) is 31.2 Å². The fourth-order valence-electron chi connectivity index (χ4n) is 9.33. The van der Waals surface area contributed by atoms with E-state index in [1.165, 1.54) is 64.2 Å². The van der Waals surface area contributed by atoms with Crippen molar-refractivity contribution in [2.75, 3.05) is 20.3 Å². The van der Waals surface area contributed by atoms with E-state index >= 15 is 0 Å². The van der Waals surface area contributed by atoms with Crippen molar-refractivity contribution >= 4 is 12.6 Å². The molecule has 0 radical (unpaired) electrons.